The first-order valence-corrected chi connectivity index (χ1v) is 7.20. The van der Waals surface area contributed by atoms with Gasteiger partial charge in [-0.15, -0.1) is 0 Å². The van der Waals surface area contributed by atoms with Crippen molar-refractivity contribution in [3.63, 3.8) is 0 Å². The fraction of sp³-hybridized carbons (Fsp3) is 0.312. The fourth-order valence-corrected chi connectivity index (χ4v) is 2.61. The maximum atomic E-state index is 9.42. The smallest absolute Gasteiger partial charge is 0.200 e. The normalized spacial score (nSPS) is 22.5. The highest BCUT2D eigenvalue weighted by Crippen LogP contribution is 2.21. The molecule has 2 N–H and O–H groups in total. The SMILES string of the molecule is N#C/C(=C1/C=CNC(=NC2CCCC2)N1)c1ccccn1. The van der Waals surface area contributed by atoms with Gasteiger partial charge in [0, 0.05) is 12.4 Å². The number of aliphatic imine (C=N–C) groups is 1. The van der Waals surface area contributed by atoms with E-state index in [4.69, 9.17) is 0 Å². The number of allylic oxidation sites excluding steroid dienone is 2. The van der Waals surface area contributed by atoms with Crippen molar-refractivity contribution in [3.05, 3.63) is 48.1 Å². The van der Waals surface area contributed by atoms with Gasteiger partial charge < -0.3 is 10.6 Å². The van der Waals surface area contributed by atoms with E-state index in [9.17, 15) is 5.26 Å². The first-order valence-electron chi connectivity index (χ1n) is 7.20. The van der Waals surface area contributed by atoms with Crippen molar-refractivity contribution in [2.24, 2.45) is 4.99 Å². The zero-order valence-corrected chi connectivity index (χ0v) is 11.7. The Morgan fingerprint density at radius 3 is 2.90 bits per heavy atom. The Balaban J connectivity index is 1.87. The molecule has 0 radical (unpaired) electrons. The van der Waals surface area contributed by atoms with E-state index in [1.807, 2.05) is 24.3 Å². The van der Waals surface area contributed by atoms with Gasteiger partial charge in [0.2, 0.25) is 0 Å². The minimum atomic E-state index is 0.383. The maximum Gasteiger partial charge on any atom is 0.200 e. The molecule has 3 rings (SSSR count). The molecule has 1 aromatic rings. The summed E-state index contributed by atoms with van der Waals surface area (Å²) in [5.41, 5.74) is 1.91. The minimum Gasteiger partial charge on any atom is -0.333 e. The largest absolute Gasteiger partial charge is 0.333 e. The number of hydrogen-bond acceptors (Lipinski definition) is 3. The van der Waals surface area contributed by atoms with Gasteiger partial charge in [0.25, 0.3) is 0 Å². The predicted molar refractivity (Wildman–Crippen MR) is 81.9 cm³/mol. The second-order valence-corrected chi connectivity index (χ2v) is 5.13. The van der Waals surface area contributed by atoms with Gasteiger partial charge in [-0.05, 0) is 31.1 Å². The molecule has 5 heteroatoms. The summed E-state index contributed by atoms with van der Waals surface area (Å²) in [5.74, 6) is 0.711. The van der Waals surface area contributed by atoms with E-state index < -0.39 is 0 Å². The first-order chi connectivity index (χ1) is 10.4. The van der Waals surface area contributed by atoms with Gasteiger partial charge >= 0.3 is 0 Å². The molecular formula is C16H17N5. The summed E-state index contributed by atoms with van der Waals surface area (Å²) >= 11 is 0. The minimum absolute atomic E-state index is 0.383. The van der Waals surface area contributed by atoms with Crippen LogP contribution in [0.15, 0.2) is 47.4 Å². The van der Waals surface area contributed by atoms with E-state index in [2.05, 4.69) is 26.7 Å². The van der Waals surface area contributed by atoms with E-state index in [0.717, 1.165) is 18.5 Å². The molecule has 1 fully saturated rings. The Bertz CT molecular complexity index is 630. The number of nitrogens with zero attached hydrogens (tertiary/aromatic N) is 3. The van der Waals surface area contributed by atoms with Crippen molar-refractivity contribution in [1.82, 2.24) is 15.6 Å². The van der Waals surface area contributed by atoms with E-state index in [-0.39, 0.29) is 0 Å². The Morgan fingerprint density at radius 1 is 1.33 bits per heavy atom. The van der Waals surface area contributed by atoms with Gasteiger partial charge in [-0.2, -0.15) is 5.26 Å². The number of pyridine rings is 1. The molecule has 0 amide bonds. The van der Waals surface area contributed by atoms with Crippen LogP contribution in [-0.4, -0.2) is 17.0 Å². The Labute approximate surface area is 124 Å². The van der Waals surface area contributed by atoms with E-state index in [0.29, 0.717) is 23.3 Å². The number of nitrogens with one attached hydrogen (secondary N) is 2. The van der Waals surface area contributed by atoms with Crippen LogP contribution in [0.5, 0.6) is 0 Å². The van der Waals surface area contributed by atoms with Crippen LogP contribution in [0, 0.1) is 11.3 Å². The molecule has 5 nitrogen and oxygen atoms in total. The van der Waals surface area contributed by atoms with Gasteiger partial charge in [-0.25, -0.2) is 4.99 Å². The van der Waals surface area contributed by atoms with Gasteiger partial charge in [0.1, 0.15) is 11.6 Å². The highest BCUT2D eigenvalue weighted by atomic mass is 15.2. The average Bonchev–Trinajstić information content (AvgIpc) is 3.02. The molecule has 1 aliphatic heterocycles. The molecule has 2 heterocycles. The molecule has 106 valence electrons. The van der Waals surface area contributed by atoms with Crippen LogP contribution < -0.4 is 10.6 Å². The Morgan fingerprint density at radius 2 is 2.19 bits per heavy atom. The average molecular weight is 279 g/mol. The van der Waals surface area contributed by atoms with Crippen molar-refractivity contribution in [3.8, 4) is 6.07 Å². The zero-order chi connectivity index (χ0) is 14.5. The van der Waals surface area contributed by atoms with Crippen molar-refractivity contribution in [2.45, 2.75) is 31.7 Å². The molecule has 21 heavy (non-hydrogen) atoms. The number of hydrogen-bond donors (Lipinski definition) is 2. The van der Waals surface area contributed by atoms with E-state index in [1.165, 1.54) is 12.8 Å². The molecule has 1 aromatic heterocycles. The molecule has 1 saturated carbocycles. The summed E-state index contributed by atoms with van der Waals surface area (Å²) in [6.07, 6.45) is 10.1. The summed E-state index contributed by atoms with van der Waals surface area (Å²) < 4.78 is 0. The van der Waals surface area contributed by atoms with Gasteiger partial charge in [-0.1, -0.05) is 18.9 Å². The van der Waals surface area contributed by atoms with Crippen molar-refractivity contribution >= 4 is 11.5 Å². The van der Waals surface area contributed by atoms with Crippen LogP contribution in [0.3, 0.4) is 0 Å². The van der Waals surface area contributed by atoms with Crippen LogP contribution in [-0.2, 0) is 0 Å². The lowest BCUT2D eigenvalue weighted by molar-refractivity contribution is 0.696. The highest BCUT2D eigenvalue weighted by molar-refractivity contribution is 5.89. The maximum absolute atomic E-state index is 9.42. The standard InChI is InChI=1S/C16H17N5/c17-11-13(14-7-3-4-9-18-14)15-8-10-19-16(21-15)20-12-5-1-2-6-12/h3-4,7-10,12H,1-2,5-6H2,(H2,19,20,21)/b15-13+. The number of rotatable bonds is 2. The second-order valence-electron chi connectivity index (χ2n) is 5.13. The molecular weight excluding hydrogens is 262 g/mol. The van der Waals surface area contributed by atoms with Gasteiger partial charge in [0.15, 0.2) is 5.96 Å². The zero-order valence-electron chi connectivity index (χ0n) is 11.7. The summed E-state index contributed by atoms with van der Waals surface area (Å²) in [6, 6.07) is 8.14. The van der Waals surface area contributed by atoms with Crippen LogP contribution in [0.2, 0.25) is 0 Å². The Kier molecular flexibility index (Phi) is 3.97. The summed E-state index contributed by atoms with van der Waals surface area (Å²) in [6.45, 7) is 0. The molecule has 0 bridgehead atoms. The third kappa shape index (κ3) is 3.11. The predicted octanol–water partition coefficient (Wildman–Crippen LogP) is 2.32. The lowest BCUT2D eigenvalue weighted by Crippen LogP contribution is -2.38. The van der Waals surface area contributed by atoms with E-state index in [1.54, 1.807) is 12.4 Å². The summed E-state index contributed by atoms with van der Waals surface area (Å²) in [5, 5.41) is 15.7. The van der Waals surface area contributed by atoms with Gasteiger partial charge in [0.05, 0.1) is 17.4 Å². The molecule has 2 aliphatic rings. The molecule has 0 aromatic carbocycles. The second kappa shape index (κ2) is 6.23. The van der Waals surface area contributed by atoms with Crippen molar-refractivity contribution < 1.29 is 0 Å². The molecule has 0 atom stereocenters. The van der Waals surface area contributed by atoms with Gasteiger partial charge in [-0.3, -0.25) is 4.98 Å². The van der Waals surface area contributed by atoms with Crippen molar-refractivity contribution in [1.29, 1.82) is 5.26 Å². The number of aromatic nitrogens is 1. The Hall–Kier alpha value is -2.61. The monoisotopic (exact) mass is 279 g/mol. The molecule has 0 saturated heterocycles. The summed E-state index contributed by atoms with van der Waals surface area (Å²) in [7, 11) is 0. The van der Waals surface area contributed by atoms with Crippen LogP contribution >= 0.6 is 0 Å². The molecule has 1 aliphatic carbocycles. The third-order valence-electron chi connectivity index (χ3n) is 3.66. The van der Waals surface area contributed by atoms with E-state index >= 15 is 0 Å². The topological polar surface area (TPSA) is 73.1 Å². The first kappa shape index (κ1) is 13.4. The highest BCUT2D eigenvalue weighted by Gasteiger charge is 2.17. The van der Waals surface area contributed by atoms with Crippen LogP contribution in [0.25, 0.3) is 5.57 Å². The molecule has 0 spiro atoms. The molecule has 0 unspecified atom stereocenters. The fourth-order valence-electron chi connectivity index (χ4n) is 2.61. The third-order valence-corrected chi connectivity index (χ3v) is 3.66. The number of guanidine groups is 1. The quantitative estimate of drug-likeness (QED) is 0.815. The lowest BCUT2D eigenvalue weighted by Gasteiger charge is -2.18. The van der Waals surface area contributed by atoms with Crippen LogP contribution in [0.1, 0.15) is 31.4 Å². The summed E-state index contributed by atoms with van der Waals surface area (Å²) in [4.78, 5) is 8.91. The number of nitriles is 1. The lowest BCUT2D eigenvalue weighted by atomic mass is 10.1. The van der Waals surface area contributed by atoms with Crippen molar-refractivity contribution in [2.75, 3.05) is 0 Å². The van der Waals surface area contributed by atoms with Crippen LogP contribution in [0.4, 0.5) is 0 Å².